The molecule has 98 valence electrons. The van der Waals surface area contributed by atoms with E-state index in [1.54, 1.807) is 6.92 Å². The van der Waals surface area contributed by atoms with E-state index in [4.69, 9.17) is 9.52 Å². The molecule has 6 nitrogen and oxygen atoms in total. The van der Waals surface area contributed by atoms with E-state index < -0.39 is 5.91 Å². The van der Waals surface area contributed by atoms with Gasteiger partial charge in [-0.15, -0.1) is 0 Å². The Morgan fingerprint density at radius 3 is 2.79 bits per heavy atom. The lowest BCUT2D eigenvalue weighted by Crippen LogP contribution is -2.17. The third kappa shape index (κ3) is 2.92. The molecule has 0 aliphatic carbocycles. The zero-order valence-corrected chi connectivity index (χ0v) is 10.1. The third-order valence-electron chi connectivity index (χ3n) is 2.49. The molecule has 19 heavy (non-hydrogen) atoms. The predicted molar refractivity (Wildman–Crippen MR) is 68.3 cm³/mol. The summed E-state index contributed by atoms with van der Waals surface area (Å²) in [4.78, 5) is 11.7. The maximum Gasteiger partial charge on any atom is 0.274 e. The highest BCUT2D eigenvalue weighted by atomic mass is 16.3. The zero-order valence-electron chi connectivity index (χ0n) is 10.1. The number of carbonyl (C=O) groups is 1. The first-order valence-corrected chi connectivity index (χ1v) is 5.47. The number of aromatic hydroxyl groups is 2. The maximum absolute atomic E-state index is 11.7. The topological polar surface area (TPSA) is 95.1 Å². The Morgan fingerprint density at radius 2 is 2.16 bits per heavy atom. The van der Waals surface area contributed by atoms with Crippen molar-refractivity contribution in [3.05, 3.63) is 47.4 Å². The molecule has 2 aromatic rings. The SMILES string of the molecule is Cc1occc1C(=O)NN=Cc1ccc(O)cc1O. The summed E-state index contributed by atoms with van der Waals surface area (Å²) in [5, 5.41) is 22.3. The number of furan rings is 1. The van der Waals surface area contributed by atoms with Gasteiger partial charge in [0.2, 0.25) is 0 Å². The summed E-state index contributed by atoms with van der Waals surface area (Å²) in [5.74, 6) is -0.0776. The number of nitrogens with zero attached hydrogens (tertiary/aromatic N) is 1. The summed E-state index contributed by atoms with van der Waals surface area (Å²) >= 11 is 0. The van der Waals surface area contributed by atoms with Crippen LogP contribution in [0.25, 0.3) is 0 Å². The molecule has 0 fully saturated rings. The average molecular weight is 260 g/mol. The molecule has 0 aliphatic rings. The number of carbonyl (C=O) groups excluding carboxylic acids is 1. The van der Waals surface area contributed by atoms with Gasteiger partial charge in [-0.25, -0.2) is 5.43 Å². The molecule has 0 saturated carbocycles. The molecule has 0 radical (unpaired) electrons. The van der Waals surface area contributed by atoms with Crippen molar-refractivity contribution < 1.29 is 19.4 Å². The molecule has 0 bridgehead atoms. The van der Waals surface area contributed by atoms with Crippen molar-refractivity contribution in [2.75, 3.05) is 0 Å². The number of benzene rings is 1. The summed E-state index contributed by atoms with van der Waals surface area (Å²) in [7, 11) is 0. The number of nitrogens with one attached hydrogen (secondary N) is 1. The van der Waals surface area contributed by atoms with Crippen molar-refractivity contribution in [1.82, 2.24) is 5.43 Å². The van der Waals surface area contributed by atoms with Gasteiger partial charge >= 0.3 is 0 Å². The lowest BCUT2D eigenvalue weighted by molar-refractivity contribution is 0.0953. The van der Waals surface area contributed by atoms with Crippen LogP contribution in [0.4, 0.5) is 0 Å². The summed E-state index contributed by atoms with van der Waals surface area (Å²) in [6.45, 7) is 1.67. The number of hydrogen-bond donors (Lipinski definition) is 3. The maximum atomic E-state index is 11.7. The van der Waals surface area contributed by atoms with E-state index in [-0.39, 0.29) is 11.5 Å². The van der Waals surface area contributed by atoms with E-state index in [1.165, 1.54) is 36.7 Å². The highest BCUT2D eigenvalue weighted by Gasteiger charge is 2.09. The Balaban J connectivity index is 2.04. The molecule has 1 heterocycles. The second kappa shape index (κ2) is 5.26. The van der Waals surface area contributed by atoms with Gasteiger partial charge in [0.1, 0.15) is 17.3 Å². The number of aryl methyl sites for hydroxylation is 1. The highest BCUT2D eigenvalue weighted by molar-refractivity contribution is 5.95. The first-order chi connectivity index (χ1) is 9.08. The average Bonchev–Trinajstić information content (AvgIpc) is 2.78. The Kier molecular flexibility index (Phi) is 3.51. The van der Waals surface area contributed by atoms with E-state index in [1.807, 2.05) is 0 Å². The van der Waals surface area contributed by atoms with Crippen LogP contribution in [0.2, 0.25) is 0 Å². The van der Waals surface area contributed by atoms with Gasteiger partial charge in [0.25, 0.3) is 5.91 Å². The molecule has 6 heteroatoms. The van der Waals surface area contributed by atoms with Crippen molar-refractivity contribution in [1.29, 1.82) is 0 Å². The van der Waals surface area contributed by atoms with Gasteiger partial charge in [-0.2, -0.15) is 5.10 Å². The second-order valence-corrected chi connectivity index (χ2v) is 3.83. The van der Waals surface area contributed by atoms with E-state index in [9.17, 15) is 9.90 Å². The van der Waals surface area contributed by atoms with Crippen LogP contribution in [0.5, 0.6) is 11.5 Å². The molecule has 2 rings (SSSR count). The van der Waals surface area contributed by atoms with Crippen LogP contribution >= 0.6 is 0 Å². The molecule has 0 aliphatic heterocycles. The minimum Gasteiger partial charge on any atom is -0.508 e. The fraction of sp³-hybridized carbons (Fsp3) is 0.0769. The van der Waals surface area contributed by atoms with Crippen LogP contribution in [-0.2, 0) is 0 Å². The minimum absolute atomic E-state index is 0.0484. The monoisotopic (exact) mass is 260 g/mol. The Labute approximate surface area is 109 Å². The van der Waals surface area contributed by atoms with Crippen LogP contribution in [0.1, 0.15) is 21.7 Å². The molecule has 0 atom stereocenters. The van der Waals surface area contributed by atoms with Gasteiger partial charge < -0.3 is 14.6 Å². The van der Waals surface area contributed by atoms with Gasteiger partial charge in [-0.05, 0) is 25.1 Å². The van der Waals surface area contributed by atoms with Crippen molar-refractivity contribution in [2.45, 2.75) is 6.92 Å². The van der Waals surface area contributed by atoms with E-state index in [2.05, 4.69) is 10.5 Å². The number of hydrogen-bond acceptors (Lipinski definition) is 5. The largest absolute Gasteiger partial charge is 0.508 e. The highest BCUT2D eigenvalue weighted by Crippen LogP contribution is 2.20. The third-order valence-corrected chi connectivity index (χ3v) is 2.49. The van der Waals surface area contributed by atoms with E-state index >= 15 is 0 Å². The molecule has 3 N–H and O–H groups in total. The summed E-state index contributed by atoms with van der Waals surface area (Å²) in [6.07, 6.45) is 2.70. The van der Waals surface area contributed by atoms with Crippen LogP contribution in [0.15, 0.2) is 40.0 Å². The van der Waals surface area contributed by atoms with Crippen molar-refractivity contribution in [2.24, 2.45) is 5.10 Å². The van der Waals surface area contributed by atoms with Crippen molar-refractivity contribution in [3.63, 3.8) is 0 Å². The number of phenols is 2. The lowest BCUT2D eigenvalue weighted by Gasteiger charge is -2.00. The molecule has 0 saturated heterocycles. The van der Waals surface area contributed by atoms with Gasteiger partial charge in [0.15, 0.2) is 0 Å². The molecular weight excluding hydrogens is 248 g/mol. The van der Waals surface area contributed by atoms with Gasteiger partial charge in [0, 0.05) is 11.6 Å². The first kappa shape index (κ1) is 12.7. The smallest absolute Gasteiger partial charge is 0.274 e. The quantitative estimate of drug-likeness (QED) is 0.579. The number of rotatable bonds is 3. The molecule has 1 aromatic carbocycles. The molecule has 1 amide bonds. The number of phenolic OH excluding ortho intramolecular Hbond substituents is 2. The lowest BCUT2D eigenvalue weighted by atomic mass is 10.2. The predicted octanol–water partition coefficient (Wildman–Crippen LogP) is 1.76. The fourth-order valence-corrected chi connectivity index (χ4v) is 1.48. The van der Waals surface area contributed by atoms with Crippen LogP contribution in [-0.4, -0.2) is 22.3 Å². The number of hydrazone groups is 1. The van der Waals surface area contributed by atoms with E-state index in [0.29, 0.717) is 16.9 Å². The molecule has 1 aromatic heterocycles. The first-order valence-electron chi connectivity index (χ1n) is 5.47. The Hall–Kier alpha value is -2.76. The second-order valence-electron chi connectivity index (χ2n) is 3.83. The van der Waals surface area contributed by atoms with Crippen molar-refractivity contribution in [3.8, 4) is 11.5 Å². The molecule has 0 unspecified atom stereocenters. The Morgan fingerprint density at radius 1 is 1.37 bits per heavy atom. The standard InChI is InChI=1S/C13H12N2O4/c1-8-11(4-5-19-8)13(18)15-14-7-9-2-3-10(16)6-12(9)17/h2-7,16-17H,1H3,(H,15,18). The minimum atomic E-state index is -0.402. The van der Waals surface area contributed by atoms with Crippen molar-refractivity contribution >= 4 is 12.1 Å². The van der Waals surface area contributed by atoms with E-state index in [0.717, 1.165) is 0 Å². The summed E-state index contributed by atoms with van der Waals surface area (Å²) < 4.78 is 5.00. The van der Waals surface area contributed by atoms with Crippen LogP contribution in [0, 0.1) is 6.92 Å². The molecular formula is C13H12N2O4. The van der Waals surface area contributed by atoms with Crippen LogP contribution in [0.3, 0.4) is 0 Å². The van der Waals surface area contributed by atoms with Gasteiger partial charge in [-0.3, -0.25) is 4.79 Å². The van der Waals surface area contributed by atoms with Gasteiger partial charge in [0.05, 0.1) is 18.0 Å². The fourth-order valence-electron chi connectivity index (χ4n) is 1.48. The Bertz CT molecular complexity index is 631. The summed E-state index contributed by atoms with van der Waals surface area (Å²) in [5.41, 5.74) is 3.09. The molecule has 0 spiro atoms. The number of amides is 1. The summed E-state index contributed by atoms with van der Waals surface area (Å²) in [6, 6.07) is 5.61. The normalized spacial score (nSPS) is 10.8. The zero-order chi connectivity index (χ0) is 13.8. The van der Waals surface area contributed by atoms with Crippen LogP contribution < -0.4 is 5.43 Å². The van der Waals surface area contributed by atoms with Gasteiger partial charge in [-0.1, -0.05) is 0 Å².